The number of halogens is 2. The number of sulfonamides is 1. The number of hydrogen-bond acceptors (Lipinski definition) is 4. The summed E-state index contributed by atoms with van der Waals surface area (Å²) in [7, 11) is -2.08. The van der Waals surface area contributed by atoms with E-state index >= 15 is 0 Å². The molecule has 0 aromatic heterocycles. The van der Waals surface area contributed by atoms with Crippen molar-refractivity contribution in [3.05, 3.63) is 63.6 Å². The lowest BCUT2D eigenvalue weighted by Gasteiger charge is -2.34. The van der Waals surface area contributed by atoms with Crippen molar-refractivity contribution in [2.75, 3.05) is 20.1 Å². The standard InChI is InChI=1S/C21H24Cl2N2O4S/c1-14-11-25(12-15(2)29-14)30(27,28)18-6-4-5-17(10-18)21(26)24(3)13-16-7-8-19(22)20(23)9-16/h4-10,14-15H,11-13H2,1-3H3. The minimum Gasteiger partial charge on any atom is -0.373 e. The van der Waals surface area contributed by atoms with Gasteiger partial charge in [-0.15, -0.1) is 0 Å². The molecule has 2 unspecified atom stereocenters. The van der Waals surface area contributed by atoms with Gasteiger partial charge in [0.15, 0.2) is 0 Å². The van der Waals surface area contributed by atoms with Gasteiger partial charge in [-0.1, -0.05) is 35.3 Å². The number of carbonyl (C=O) groups excluding carboxylic acids is 1. The van der Waals surface area contributed by atoms with Crippen molar-refractivity contribution < 1.29 is 17.9 Å². The maximum absolute atomic E-state index is 13.1. The van der Waals surface area contributed by atoms with E-state index < -0.39 is 10.0 Å². The molecular formula is C21H24Cl2N2O4S. The zero-order valence-electron chi connectivity index (χ0n) is 17.0. The molecule has 2 atom stereocenters. The zero-order chi connectivity index (χ0) is 22.1. The number of amides is 1. The molecule has 1 amide bonds. The van der Waals surface area contributed by atoms with Crippen molar-refractivity contribution >= 4 is 39.1 Å². The minimum atomic E-state index is -3.73. The molecule has 1 aliphatic heterocycles. The Balaban J connectivity index is 1.80. The molecule has 1 fully saturated rings. The number of rotatable bonds is 5. The molecule has 1 aliphatic rings. The Bertz CT molecular complexity index is 1040. The lowest BCUT2D eigenvalue weighted by atomic mass is 10.1. The molecule has 0 N–H and O–H groups in total. The summed E-state index contributed by atoms with van der Waals surface area (Å²) < 4.78 is 33.2. The summed E-state index contributed by atoms with van der Waals surface area (Å²) in [5, 5.41) is 0.858. The first kappa shape index (κ1) is 23.0. The number of hydrogen-bond donors (Lipinski definition) is 0. The van der Waals surface area contributed by atoms with Crippen LogP contribution in [0.5, 0.6) is 0 Å². The summed E-state index contributed by atoms with van der Waals surface area (Å²) >= 11 is 12.0. The highest BCUT2D eigenvalue weighted by molar-refractivity contribution is 7.89. The first-order chi connectivity index (χ1) is 14.1. The number of nitrogens with zero attached hydrogens (tertiary/aromatic N) is 2. The summed E-state index contributed by atoms with van der Waals surface area (Å²) in [4.78, 5) is 14.5. The van der Waals surface area contributed by atoms with Crippen molar-refractivity contribution in [1.82, 2.24) is 9.21 Å². The third-order valence-corrected chi connectivity index (χ3v) is 7.42. The third-order valence-electron chi connectivity index (χ3n) is 4.86. The van der Waals surface area contributed by atoms with Crippen molar-refractivity contribution in [2.24, 2.45) is 0 Å². The van der Waals surface area contributed by atoms with Crippen LogP contribution in [0.4, 0.5) is 0 Å². The molecule has 162 valence electrons. The fraction of sp³-hybridized carbons (Fsp3) is 0.381. The summed E-state index contributed by atoms with van der Waals surface area (Å²) in [5.74, 6) is -0.290. The van der Waals surface area contributed by atoms with Gasteiger partial charge < -0.3 is 9.64 Å². The second kappa shape index (κ2) is 9.24. The average molecular weight is 471 g/mol. The van der Waals surface area contributed by atoms with Crippen LogP contribution in [0.25, 0.3) is 0 Å². The van der Waals surface area contributed by atoms with Crippen LogP contribution in [0, 0.1) is 0 Å². The van der Waals surface area contributed by atoms with Gasteiger partial charge in [0.1, 0.15) is 0 Å². The quantitative estimate of drug-likeness (QED) is 0.660. The van der Waals surface area contributed by atoms with Crippen molar-refractivity contribution in [3.8, 4) is 0 Å². The molecule has 3 rings (SSSR count). The van der Waals surface area contributed by atoms with E-state index in [0.29, 0.717) is 22.2 Å². The molecule has 9 heteroatoms. The van der Waals surface area contributed by atoms with Gasteiger partial charge in [-0.3, -0.25) is 4.79 Å². The van der Waals surface area contributed by atoms with Crippen LogP contribution in [0.15, 0.2) is 47.4 Å². The molecular weight excluding hydrogens is 447 g/mol. The summed E-state index contributed by atoms with van der Waals surface area (Å²) in [6.07, 6.45) is -0.378. The number of benzene rings is 2. The van der Waals surface area contributed by atoms with Crippen LogP contribution in [-0.2, 0) is 21.3 Å². The van der Waals surface area contributed by atoms with Gasteiger partial charge in [0, 0.05) is 32.2 Å². The maximum atomic E-state index is 13.1. The van der Waals surface area contributed by atoms with Crippen LogP contribution in [0.3, 0.4) is 0 Å². The Kier molecular flexibility index (Phi) is 7.09. The molecule has 0 saturated carbocycles. The van der Waals surface area contributed by atoms with Gasteiger partial charge in [-0.2, -0.15) is 4.31 Å². The van der Waals surface area contributed by atoms with Gasteiger partial charge in [-0.25, -0.2) is 8.42 Å². The number of ether oxygens (including phenoxy) is 1. The molecule has 2 aromatic carbocycles. The van der Waals surface area contributed by atoms with Crippen LogP contribution in [-0.4, -0.2) is 55.9 Å². The summed E-state index contributed by atoms with van der Waals surface area (Å²) in [6, 6.07) is 11.3. The molecule has 6 nitrogen and oxygen atoms in total. The van der Waals surface area contributed by atoms with Crippen LogP contribution < -0.4 is 0 Å². The Morgan fingerprint density at radius 3 is 2.40 bits per heavy atom. The Hall–Kier alpha value is -1.64. The van der Waals surface area contributed by atoms with Gasteiger partial charge >= 0.3 is 0 Å². The van der Waals surface area contributed by atoms with E-state index in [1.165, 1.54) is 21.3 Å². The smallest absolute Gasteiger partial charge is 0.253 e. The summed E-state index contributed by atoms with van der Waals surface area (Å²) in [6.45, 7) is 4.56. The second-order valence-electron chi connectivity index (χ2n) is 7.52. The Labute approximate surface area is 187 Å². The normalized spacial score (nSPS) is 20.2. The monoisotopic (exact) mass is 470 g/mol. The predicted octanol–water partition coefficient (Wildman–Crippen LogP) is 4.06. The van der Waals surface area contributed by atoms with Crippen LogP contribution >= 0.6 is 23.2 Å². The van der Waals surface area contributed by atoms with Crippen LogP contribution in [0.2, 0.25) is 10.0 Å². The van der Waals surface area contributed by atoms with E-state index in [-0.39, 0.29) is 36.1 Å². The zero-order valence-corrected chi connectivity index (χ0v) is 19.3. The first-order valence-corrected chi connectivity index (χ1v) is 11.7. The Morgan fingerprint density at radius 1 is 1.10 bits per heavy atom. The SMILES string of the molecule is CC1CN(S(=O)(=O)c2cccc(C(=O)N(C)Cc3ccc(Cl)c(Cl)c3)c2)CC(C)O1. The lowest BCUT2D eigenvalue weighted by molar-refractivity contribution is -0.0440. The number of carbonyl (C=O) groups is 1. The van der Waals surface area contributed by atoms with E-state index in [1.54, 1.807) is 37.4 Å². The molecule has 0 spiro atoms. The maximum Gasteiger partial charge on any atom is 0.253 e. The van der Waals surface area contributed by atoms with E-state index in [2.05, 4.69) is 0 Å². The molecule has 1 heterocycles. The van der Waals surface area contributed by atoms with Crippen molar-refractivity contribution in [2.45, 2.75) is 37.5 Å². The summed E-state index contributed by atoms with van der Waals surface area (Å²) in [5.41, 5.74) is 1.12. The highest BCUT2D eigenvalue weighted by Gasteiger charge is 2.32. The molecule has 0 radical (unpaired) electrons. The first-order valence-electron chi connectivity index (χ1n) is 9.53. The number of morpholine rings is 1. The molecule has 0 bridgehead atoms. The Morgan fingerprint density at radius 2 is 1.77 bits per heavy atom. The average Bonchev–Trinajstić information content (AvgIpc) is 2.69. The van der Waals surface area contributed by atoms with E-state index in [4.69, 9.17) is 27.9 Å². The molecule has 1 saturated heterocycles. The minimum absolute atomic E-state index is 0.0950. The largest absolute Gasteiger partial charge is 0.373 e. The van der Waals surface area contributed by atoms with Crippen LogP contribution in [0.1, 0.15) is 29.8 Å². The van der Waals surface area contributed by atoms with Gasteiger partial charge in [0.25, 0.3) is 5.91 Å². The highest BCUT2D eigenvalue weighted by Crippen LogP contribution is 2.24. The fourth-order valence-corrected chi connectivity index (χ4v) is 5.43. The van der Waals surface area contributed by atoms with E-state index in [0.717, 1.165) is 5.56 Å². The van der Waals surface area contributed by atoms with Gasteiger partial charge in [0.2, 0.25) is 10.0 Å². The second-order valence-corrected chi connectivity index (χ2v) is 10.3. The molecule has 0 aliphatic carbocycles. The van der Waals surface area contributed by atoms with Gasteiger partial charge in [0.05, 0.1) is 27.1 Å². The third kappa shape index (κ3) is 5.15. The van der Waals surface area contributed by atoms with E-state index in [1.807, 2.05) is 13.8 Å². The lowest BCUT2D eigenvalue weighted by Crippen LogP contribution is -2.48. The van der Waals surface area contributed by atoms with Crippen molar-refractivity contribution in [1.29, 1.82) is 0 Å². The predicted molar refractivity (Wildman–Crippen MR) is 117 cm³/mol. The molecule has 30 heavy (non-hydrogen) atoms. The highest BCUT2D eigenvalue weighted by atomic mass is 35.5. The molecule has 2 aromatic rings. The van der Waals surface area contributed by atoms with E-state index in [9.17, 15) is 13.2 Å². The van der Waals surface area contributed by atoms with Crippen molar-refractivity contribution in [3.63, 3.8) is 0 Å². The topological polar surface area (TPSA) is 66.9 Å². The fourth-order valence-electron chi connectivity index (χ4n) is 3.47. The van der Waals surface area contributed by atoms with Gasteiger partial charge in [-0.05, 0) is 49.7 Å².